The number of nitrogens with one attached hydrogen (secondary N) is 2. The molecule has 5 heteroatoms. The van der Waals surface area contributed by atoms with Gasteiger partial charge in [-0.2, -0.15) is 0 Å². The van der Waals surface area contributed by atoms with Crippen molar-refractivity contribution in [1.82, 2.24) is 0 Å². The zero-order valence-corrected chi connectivity index (χ0v) is 12.3. The Morgan fingerprint density at radius 2 is 1.67 bits per heavy atom. The van der Waals surface area contributed by atoms with E-state index in [-0.39, 0.29) is 6.03 Å². The lowest BCUT2D eigenvalue weighted by atomic mass is 10.2. The molecule has 2 N–H and O–H groups in total. The molecule has 2 aromatic carbocycles. The van der Waals surface area contributed by atoms with Crippen LogP contribution in [0.5, 0.6) is 11.5 Å². The van der Waals surface area contributed by atoms with Crippen molar-refractivity contribution in [3.63, 3.8) is 0 Å². The lowest BCUT2D eigenvalue weighted by molar-refractivity contribution is 0.262. The van der Waals surface area contributed by atoms with Crippen LogP contribution >= 0.6 is 0 Å². The number of anilines is 2. The summed E-state index contributed by atoms with van der Waals surface area (Å²) >= 11 is 0. The third kappa shape index (κ3) is 3.89. The van der Waals surface area contributed by atoms with E-state index < -0.39 is 0 Å². The predicted molar refractivity (Wildman–Crippen MR) is 83.4 cm³/mol. The van der Waals surface area contributed by atoms with Gasteiger partial charge in [-0.1, -0.05) is 17.7 Å². The molecule has 0 aliphatic carbocycles. The average molecular weight is 286 g/mol. The molecule has 0 bridgehead atoms. The Kier molecular flexibility index (Phi) is 4.66. The molecule has 21 heavy (non-hydrogen) atoms. The number of carbonyl (C=O) groups excluding carboxylic acids is 1. The van der Waals surface area contributed by atoms with Gasteiger partial charge in [0.25, 0.3) is 0 Å². The van der Waals surface area contributed by atoms with Crippen LogP contribution in [0.3, 0.4) is 0 Å². The summed E-state index contributed by atoms with van der Waals surface area (Å²) in [6.45, 7) is 1.99. The second kappa shape index (κ2) is 6.65. The topological polar surface area (TPSA) is 59.6 Å². The predicted octanol–water partition coefficient (Wildman–Crippen LogP) is 3.66. The molecule has 0 radical (unpaired) electrons. The monoisotopic (exact) mass is 286 g/mol. The van der Waals surface area contributed by atoms with E-state index in [0.717, 1.165) is 11.3 Å². The molecule has 0 fully saturated rings. The summed E-state index contributed by atoms with van der Waals surface area (Å²) in [6.07, 6.45) is 0. The number of hydrogen-bond donors (Lipinski definition) is 2. The Hall–Kier alpha value is -2.69. The minimum Gasteiger partial charge on any atom is -0.497 e. The van der Waals surface area contributed by atoms with E-state index in [2.05, 4.69) is 10.6 Å². The first-order valence-corrected chi connectivity index (χ1v) is 6.49. The standard InChI is InChI=1S/C16H18N2O3/c1-11-4-6-12(7-5-11)17-16(19)18-14-9-8-13(20-2)10-15(14)21-3/h4-10H,1-3H3,(H2,17,18,19). The van der Waals surface area contributed by atoms with Crippen LogP contribution in [-0.4, -0.2) is 20.3 Å². The third-order valence-electron chi connectivity index (χ3n) is 2.97. The first-order chi connectivity index (χ1) is 10.1. The maximum atomic E-state index is 12.0. The van der Waals surface area contributed by atoms with Crippen LogP contribution < -0.4 is 20.1 Å². The molecule has 0 heterocycles. The van der Waals surface area contributed by atoms with Crippen LogP contribution in [-0.2, 0) is 0 Å². The van der Waals surface area contributed by atoms with Gasteiger partial charge in [0.15, 0.2) is 0 Å². The summed E-state index contributed by atoms with van der Waals surface area (Å²) in [7, 11) is 3.11. The van der Waals surface area contributed by atoms with Crippen molar-refractivity contribution in [3.05, 3.63) is 48.0 Å². The Balaban J connectivity index is 2.07. The number of carbonyl (C=O) groups is 1. The van der Waals surface area contributed by atoms with Crippen molar-refractivity contribution in [3.8, 4) is 11.5 Å². The fraction of sp³-hybridized carbons (Fsp3) is 0.188. The molecule has 110 valence electrons. The Bertz CT molecular complexity index is 624. The summed E-state index contributed by atoms with van der Waals surface area (Å²) in [5.74, 6) is 1.20. The molecule has 2 amide bonds. The van der Waals surface area contributed by atoms with E-state index in [9.17, 15) is 4.79 Å². The molecule has 2 aromatic rings. The molecule has 5 nitrogen and oxygen atoms in total. The minimum absolute atomic E-state index is 0.331. The van der Waals surface area contributed by atoms with Gasteiger partial charge in [-0.3, -0.25) is 0 Å². The Labute approximate surface area is 123 Å². The Morgan fingerprint density at radius 3 is 2.29 bits per heavy atom. The van der Waals surface area contributed by atoms with Crippen molar-refractivity contribution in [2.75, 3.05) is 24.9 Å². The number of hydrogen-bond acceptors (Lipinski definition) is 3. The lowest BCUT2D eigenvalue weighted by Gasteiger charge is -2.12. The van der Waals surface area contributed by atoms with Gasteiger partial charge in [-0.25, -0.2) is 4.79 Å². The maximum absolute atomic E-state index is 12.0. The number of rotatable bonds is 4. The van der Waals surface area contributed by atoms with Gasteiger partial charge >= 0.3 is 6.03 Å². The number of methoxy groups -OCH3 is 2. The summed E-state index contributed by atoms with van der Waals surface area (Å²) in [5, 5.41) is 5.51. The largest absolute Gasteiger partial charge is 0.497 e. The smallest absolute Gasteiger partial charge is 0.323 e. The van der Waals surface area contributed by atoms with Gasteiger partial charge in [-0.15, -0.1) is 0 Å². The number of benzene rings is 2. The molecule has 0 unspecified atom stereocenters. The summed E-state index contributed by atoms with van der Waals surface area (Å²) in [6, 6.07) is 12.4. The van der Waals surface area contributed by atoms with E-state index in [1.165, 1.54) is 7.11 Å². The first kappa shape index (κ1) is 14.7. The highest BCUT2D eigenvalue weighted by Gasteiger charge is 2.08. The average Bonchev–Trinajstić information content (AvgIpc) is 2.50. The van der Waals surface area contributed by atoms with Gasteiger partial charge in [0, 0.05) is 11.8 Å². The highest BCUT2D eigenvalue weighted by Crippen LogP contribution is 2.29. The van der Waals surface area contributed by atoms with Crippen molar-refractivity contribution in [1.29, 1.82) is 0 Å². The van der Waals surface area contributed by atoms with Crippen LogP contribution in [0.15, 0.2) is 42.5 Å². The number of urea groups is 1. The van der Waals surface area contributed by atoms with E-state index in [1.54, 1.807) is 25.3 Å². The van der Waals surface area contributed by atoms with Crippen molar-refractivity contribution >= 4 is 17.4 Å². The van der Waals surface area contributed by atoms with Crippen LogP contribution in [0, 0.1) is 6.92 Å². The van der Waals surface area contributed by atoms with Crippen LogP contribution in [0.25, 0.3) is 0 Å². The number of ether oxygens (including phenoxy) is 2. The van der Waals surface area contributed by atoms with Crippen LogP contribution in [0.4, 0.5) is 16.2 Å². The molecule has 0 aromatic heterocycles. The first-order valence-electron chi connectivity index (χ1n) is 6.49. The van der Waals surface area contributed by atoms with Gasteiger partial charge in [-0.05, 0) is 31.2 Å². The molecule has 0 aliphatic heterocycles. The Morgan fingerprint density at radius 1 is 0.952 bits per heavy atom. The SMILES string of the molecule is COc1ccc(NC(=O)Nc2ccc(C)cc2)c(OC)c1. The molecular formula is C16H18N2O3. The molecule has 0 spiro atoms. The lowest BCUT2D eigenvalue weighted by Crippen LogP contribution is -2.19. The molecule has 0 saturated heterocycles. The second-order valence-corrected chi connectivity index (χ2v) is 4.51. The minimum atomic E-state index is -0.331. The summed E-state index contributed by atoms with van der Waals surface area (Å²) in [5.41, 5.74) is 2.44. The van der Waals surface area contributed by atoms with Crippen molar-refractivity contribution in [2.24, 2.45) is 0 Å². The van der Waals surface area contributed by atoms with Gasteiger partial charge in [0.1, 0.15) is 11.5 Å². The normalized spacial score (nSPS) is 9.86. The van der Waals surface area contributed by atoms with E-state index in [0.29, 0.717) is 17.2 Å². The van der Waals surface area contributed by atoms with E-state index in [1.807, 2.05) is 31.2 Å². The fourth-order valence-corrected chi connectivity index (χ4v) is 1.82. The van der Waals surface area contributed by atoms with Crippen LogP contribution in [0.1, 0.15) is 5.56 Å². The molecule has 0 saturated carbocycles. The fourth-order valence-electron chi connectivity index (χ4n) is 1.82. The van der Waals surface area contributed by atoms with Crippen molar-refractivity contribution < 1.29 is 14.3 Å². The number of aryl methyl sites for hydroxylation is 1. The van der Waals surface area contributed by atoms with Crippen LogP contribution in [0.2, 0.25) is 0 Å². The molecule has 0 aliphatic rings. The summed E-state index contributed by atoms with van der Waals surface area (Å²) in [4.78, 5) is 12.0. The van der Waals surface area contributed by atoms with E-state index in [4.69, 9.17) is 9.47 Å². The zero-order chi connectivity index (χ0) is 15.2. The molecular weight excluding hydrogens is 268 g/mol. The third-order valence-corrected chi connectivity index (χ3v) is 2.97. The van der Waals surface area contributed by atoms with E-state index >= 15 is 0 Å². The van der Waals surface area contributed by atoms with Gasteiger partial charge in [0.05, 0.1) is 19.9 Å². The van der Waals surface area contributed by atoms with Crippen molar-refractivity contribution in [2.45, 2.75) is 6.92 Å². The summed E-state index contributed by atoms with van der Waals surface area (Å²) < 4.78 is 10.3. The van der Waals surface area contributed by atoms with Gasteiger partial charge in [0.2, 0.25) is 0 Å². The quantitative estimate of drug-likeness (QED) is 0.901. The highest BCUT2D eigenvalue weighted by molar-refractivity contribution is 6.00. The zero-order valence-electron chi connectivity index (χ0n) is 12.3. The molecule has 0 atom stereocenters. The maximum Gasteiger partial charge on any atom is 0.323 e. The molecule has 2 rings (SSSR count). The highest BCUT2D eigenvalue weighted by atomic mass is 16.5. The number of amides is 2. The second-order valence-electron chi connectivity index (χ2n) is 4.51. The van der Waals surface area contributed by atoms with Gasteiger partial charge < -0.3 is 20.1 Å².